The summed E-state index contributed by atoms with van der Waals surface area (Å²) in [6.45, 7) is 0.152. The minimum atomic E-state index is 0.0843. The summed E-state index contributed by atoms with van der Waals surface area (Å²) < 4.78 is 1.08. The van der Waals surface area contributed by atoms with Crippen LogP contribution in [-0.2, 0) is 6.42 Å². The van der Waals surface area contributed by atoms with Gasteiger partial charge in [0.25, 0.3) is 0 Å². The molecule has 1 aliphatic carbocycles. The highest BCUT2D eigenvalue weighted by Crippen LogP contribution is 2.44. The lowest BCUT2D eigenvalue weighted by Crippen LogP contribution is -2.35. The van der Waals surface area contributed by atoms with E-state index in [1.165, 1.54) is 16.7 Å². The van der Waals surface area contributed by atoms with Crippen LogP contribution in [0.4, 0.5) is 5.69 Å². The Hall–Kier alpha value is -2.10. The van der Waals surface area contributed by atoms with Gasteiger partial charge in [-0.15, -0.1) is 0 Å². The maximum Gasteiger partial charge on any atom is 0.0572 e. The van der Waals surface area contributed by atoms with Gasteiger partial charge in [-0.3, -0.25) is 0 Å². The largest absolute Gasteiger partial charge is 0.396 e. The molecule has 3 atom stereocenters. The molecule has 3 aromatic carbocycles. The number of halogens is 1. The van der Waals surface area contributed by atoms with Gasteiger partial charge in [0.1, 0.15) is 0 Å². The van der Waals surface area contributed by atoms with Gasteiger partial charge in [0.05, 0.1) is 6.04 Å². The fourth-order valence-corrected chi connectivity index (χ4v) is 4.35. The van der Waals surface area contributed by atoms with E-state index in [0.717, 1.165) is 16.6 Å². The quantitative estimate of drug-likeness (QED) is 0.593. The third-order valence-electron chi connectivity index (χ3n) is 5.38. The summed E-state index contributed by atoms with van der Waals surface area (Å²) in [5.74, 6) is 0.399. The first-order valence-corrected chi connectivity index (χ1v) is 9.81. The third-order valence-corrected chi connectivity index (χ3v) is 5.91. The van der Waals surface area contributed by atoms with Gasteiger partial charge in [-0.05, 0) is 53.3 Å². The summed E-state index contributed by atoms with van der Waals surface area (Å²) in [5.41, 5.74) is 5.02. The number of aliphatic hydroxyl groups excluding tert-OH is 1. The van der Waals surface area contributed by atoms with Gasteiger partial charge in [0.2, 0.25) is 0 Å². The van der Waals surface area contributed by atoms with Crippen molar-refractivity contribution in [2.45, 2.75) is 18.4 Å². The summed E-state index contributed by atoms with van der Waals surface area (Å²) >= 11 is 3.52. The molecule has 0 bridgehead atoms. The summed E-state index contributed by atoms with van der Waals surface area (Å²) in [4.78, 5) is 0. The Morgan fingerprint density at radius 3 is 2.31 bits per heavy atom. The summed E-state index contributed by atoms with van der Waals surface area (Å²) in [5, 5.41) is 14.0. The Labute approximate surface area is 163 Å². The number of anilines is 1. The molecule has 3 aromatic rings. The van der Waals surface area contributed by atoms with Crippen molar-refractivity contribution in [3.8, 4) is 0 Å². The zero-order chi connectivity index (χ0) is 17.9. The molecule has 26 heavy (non-hydrogen) atoms. The topological polar surface area (TPSA) is 32.3 Å². The summed E-state index contributed by atoms with van der Waals surface area (Å²) in [6.07, 6.45) is 0.954. The van der Waals surface area contributed by atoms with Gasteiger partial charge >= 0.3 is 0 Å². The van der Waals surface area contributed by atoms with Crippen molar-refractivity contribution in [2.24, 2.45) is 5.92 Å². The molecule has 2 nitrogen and oxygen atoms in total. The molecule has 0 aromatic heterocycles. The van der Waals surface area contributed by atoms with Crippen molar-refractivity contribution < 1.29 is 5.11 Å². The second kappa shape index (κ2) is 7.65. The first kappa shape index (κ1) is 17.3. The van der Waals surface area contributed by atoms with Crippen LogP contribution >= 0.6 is 15.9 Å². The van der Waals surface area contributed by atoms with E-state index in [9.17, 15) is 5.11 Å². The van der Waals surface area contributed by atoms with E-state index >= 15 is 0 Å². The molecule has 132 valence electrons. The van der Waals surface area contributed by atoms with Crippen molar-refractivity contribution in [1.29, 1.82) is 0 Å². The molecule has 0 saturated heterocycles. The van der Waals surface area contributed by atoms with Gasteiger partial charge in [-0.25, -0.2) is 0 Å². The number of fused-ring (bicyclic) bond motifs is 1. The fourth-order valence-electron chi connectivity index (χ4n) is 4.08. The maximum absolute atomic E-state index is 10.3. The van der Waals surface area contributed by atoms with Crippen LogP contribution in [0.3, 0.4) is 0 Å². The molecule has 0 heterocycles. The van der Waals surface area contributed by atoms with Crippen molar-refractivity contribution in [3.63, 3.8) is 0 Å². The van der Waals surface area contributed by atoms with Crippen LogP contribution < -0.4 is 5.32 Å². The van der Waals surface area contributed by atoms with E-state index in [0.29, 0.717) is 0 Å². The molecule has 0 spiro atoms. The lowest BCUT2D eigenvalue weighted by atomic mass is 9.70. The van der Waals surface area contributed by atoms with E-state index in [2.05, 4.69) is 81.9 Å². The minimum absolute atomic E-state index is 0.0843. The van der Waals surface area contributed by atoms with Crippen LogP contribution in [0.15, 0.2) is 83.3 Å². The van der Waals surface area contributed by atoms with Crippen LogP contribution in [0, 0.1) is 5.92 Å². The lowest BCUT2D eigenvalue weighted by molar-refractivity contribution is 0.178. The third kappa shape index (κ3) is 3.42. The predicted molar refractivity (Wildman–Crippen MR) is 110 cm³/mol. The van der Waals surface area contributed by atoms with Gasteiger partial charge in [-0.2, -0.15) is 0 Å². The molecule has 0 fully saturated rings. The zero-order valence-corrected chi connectivity index (χ0v) is 16.1. The number of hydrogen-bond acceptors (Lipinski definition) is 2. The molecular formula is C23H22BrNO. The minimum Gasteiger partial charge on any atom is -0.396 e. The van der Waals surface area contributed by atoms with Crippen LogP contribution in [0.5, 0.6) is 0 Å². The average molecular weight is 408 g/mol. The van der Waals surface area contributed by atoms with Crippen molar-refractivity contribution in [1.82, 2.24) is 0 Å². The van der Waals surface area contributed by atoms with E-state index in [1.54, 1.807) is 0 Å². The standard InChI is InChI=1S/C23H22BrNO/c24-18-12-10-16(11-13-18)21-14-17-6-4-5-9-20(17)23(22(21)15-26)25-19-7-2-1-3-8-19/h1-13,21-23,25-26H,14-15H2/t21-,22-,23+/m0/s1. The van der Waals surface area contributed by atoms with E-state index in [1.807, 2.05) is 18.2 Å². The molecule has 0 saturated carbocycles. The van der Waals surface area contributed by atoms with Gasteiger partial charge in [0.15, 0.2) is 0 Å². The van der Waals surface area contributed by atoms with E-state index in [-0.39, 0.29) is 24.5 Å². The lowest BCUT2D eigenvalue weighted by Gasteiger charge is -2.40. The number of rotatable bonds is 4. The maximum atomic E-state index is 10.3. The van der Waals surface area contributed by atoms with Crippen LogP contribution in [0.25, 0.3) is 0 Å². The number of aliphatic hydroxyl groups is 1. The van der Waals surface area contributed by atoms with Gasteiger partial charge in [-0.1, -0.05) is 70.5 Å². The van der Waals surface area contributed by atoms with E-state index < -0.39 is 0 Å². The molecule has 4 rings (SSSR count). The first-order valence-electron chi connectivity index (χ1n) is 9.02. The Bertz CT molecular complexity index is 863. The second-order valence-corrected chi connectivity index (χ2v) is 7.81. The van der Waals surface area contributed by atoms with Crippen LogP contribution in [0.2, 0.25) is 0 Å². The molecule has 0 unspecified atom stereocenters. The highest BCUT2D eigenvalue weighted by molar-refractivity contribution is 9.10. The molecule has 3 heteroatoms. The Morgan fingerprint density at radius 1 is 0.885 bits per heavy atom. The first-order chi connectivity index (χ1) is 12.8. The second-order valence-electron chi connectivity index (χ2n) is 6.90. The highest BCUT2D eigenvalue weighted by atomic mass is 79.9. The Balaban J connectivity index is 1.75. The van der Waals surface area contributed by atoms with E-state index in [4.69, 9.17) is 0 Å². The molecule has 0 radical (unpaired) electrons. The predicted octanol–water partition coefficient (Wildman–Crippen LogP) is 5.55. The molecule has 0 amide bonds. The Kier molecular flexibility index (Phi) is 5.09. The summed E-state index contributed by atoms with van der Waals surface area (Å²) in [6, 6.07) is 27.5. The number of para-hydroxylation sites is 1. The average Bonchev–Trinajstić information content (AvgIpc) is 2.69. The Morgan fingerprint density at radius 2 is 1.58 bits per heavy atom. The number of benzene rings is 3. The molecule has 2 N–H and O–H groups in total. The highest BCUT2D eigenvalue weighted by Gasteiger charge is 2.37. The SMILES string of the molecule is OC[C@@H]1[C@H](Nc2ccccc2)c2ccccc2C[C@H]1c1ccc(Br)cc1. The molecule has 1 aliphatic rings. The van der Waals surface area contributed by atoms with Crippen molar-refractivity contribution in [2.75, 3.05) is 11.9 Å². The van der Waals surface area contributed by atoms with Gasteiger partial charge < -0.3 is 10.4 Å². The van der Waals surface area contributed by atoms with Crippen LogP contribution in [0.1, 0.15) is 28.7 Å². The van der Waals surface area contributed by atoms with Crippen molar-refractivity contribution in [3.05, 3.63) is 100 Å². The zero-order valence-electron chi connectivity index (χ0n) is 14.5. The monoisotopic (exact) mass is 407 g/mol. The molecular weight excluding hydrogens is 386 g/mol. The number of hydrogen-bond donors (Lipinski definition) is 2. The van der Waals surface area contributed by atoms with Crippen molar-refractivity contribution >= 4 is 21.6 Å². The normalized spacial score (nSPS) is 21.8. The summed E-state index contributed by atoms with van der Waals surface area (Å²) in [7, 11) is 0. The van der Waals surface area contributed by atoms with Crippen LogP contribution in [-0.4, -0.2) is 11.7 Å². The van der Waals surface area contributed by atoms with Gasteiger partial charge in [0, 0.05) is 22.7 Å². The number of nitrogens with one attached hydrogen (secondary N) is 1. The fraction of sp³-hybridized carbons (Fsp3) is 0.217. The smallest absolute Gasteiger partial charge is 0.0572 e. The molecule has 0 aliphatic heterocycles.